The molecule has 1 rings (SSSR count). The van der Waals surface area contributed by atoms with Crippen molar-refractivity contribution < 1.29 is 9.53 Å². The second-order valence-electron chi connectivity index (χ2n) is 3.42. The molecular weight excluding hydrogens is 270 g/mol. The lowest BCUT2D eigenvalue weighted by molar-refractivity contribution is -0.139. The molecule has 0 bridgehead atoms. The van der Waals surface area contributed by atoms with Crippen LogP contribution in [-0.2, 0) is 16.0 Å². The van der Waals surface area contributed by atoms with E-state index in [0.717, 1.165) is 12.1 Å². The summed E-state index contributed by atoms with van der Waals surface area (Å²) in [6.45, 7) is 2.63. The van der Waals surface area contributed by atoms with Crippen LogP contribution >= 0.6 is 15.9 Å². The van der Waals surface area contributed by atoms with Crippen LogP contribution in [0.2, 0.25) is 0 Å². The molecule has 3 nitrogen and oxygen atoms in total. The minimum atomic E-state index is -0.316. The molecule has 0 aliphatic rings. The maximum absolute atomic E-state index is 11.1. The average molecular weight is 286 g/mol. The smallest absolute Gasteiger partial charge is 0.321 e. The summed E-state index contributed by atoms with van der Waals surface area (Å²) in [4.78, 5) is 10.8. The number of carbonyl (C=O) groups is 1. The molecule has 0 heterocycles. The highest BCUT2D eigenvalue weighted by molar-refractivity contribution is 9.10. The van der Waals surface area contributed by atoms with Gasteiger partial charge in [0.1, 0.15) is 4.83 Å². The lowest BCUT2D eigenvalue weighted by atomic mass is 10.1. The largest absolute Gasteiger partial charge is 0.468 e. The second kappa shape index (κ2) is 6.53. The van der Waals surface area contributed by atoms with Gasteiger partial charge in [-0.15, -0.1) is 0 Å². The number of hydrogen-bond donors (Lipinski definition) is 1. The lowest BCUT2D eigenvalue weighted by Gasteiger charge is -2.10. The Bertz CT molecular complexity index is 337. The Morgan fingerprint density at radius 3 is 2.56 bits per heavy atom. The predicted molar refractivity (Wildman–Crippen MR) is 69.0 cm³/mol. The third-order valence-electron chi connectivity index (χ3n) is 2.30. The Morgan fingerprint density at radius 2 is 2.06 bits per heavy atom. The van der Waals surface area contributed by atoms with Crippen LogP contribution in [0.4, 0.5) is 5.69 Å². The lowest BCUT2D eigenvalue weighted by Crippen LogP contribution is -2.24. The van der Waals surface area contributed by atoms with E-state index in [0.29, 0.717) is 6.54 Å². The van der Waals surface area contributed by atoms with Gasteiger partial charge in [0.05, 0.1) is 7.11 Å². The summed E-state index contributed by atoms with van der Waals surface area (Å²) >= 11 is 3.25. The monoisotopic (exact) mass is 285 g/mol. The molecule has 88 valence electrons. The van der Waals surface area contributed by atoms with Crippen LogP contribution in [0.15, 0.2) is 24.3 Å². The fraction of sp³-hybridized carbons (Fsp3) is 0.417. The minimum absolute atomic E-state index is 0.266. The van der Waals surface area contributed by atoms with E-state index in [4.69, 9.17) is 0 Å². The number of anilines is 1. The zero-order valence-electron chi connectivity index (χ0n) is 9.50. The van der Waals surface area contributed by atoms with Gasteiger partial charge in [-0.2, -0.15) is 0 Å². The number of methoxy groups -OCH3 is 1. The molecule has 0 amide bonds. The van der Waals surface area contributed by atoms with Crippen molar-refractivity contribution in [2.75, 3.05) is 19.0 Å². The highest BCUT2D eigenvalue weighted by atomic mass is 79.9. The maximum Gasteiger partial charge on any atom is 0.321 e. The standard InChI is InChI=1S/C12H16BrNO2/c1-3-9-4-6-10(7-5-9)14-8-11(13)12(15)16-2/h4-7,11,14H,3,8H2,1-2H3. The summed E-state index contributed by atoms with van der Waals surface area (Å²) in [6, 6.07) is 8.17. The molecule has 0 saturated carbocycles. The van der Waals surface area contributed by atoms with Crippen LogP contribution < -0.4 is 5.32 Å². The van der Waals surface area contributed by atoms with Gasteiger partial charge in [0.25, 0.3) is 0 Å². The van der Waals surface area contributed by atoms with Crippen LogP contribution in [0.1, 0.15) is 12.5 Å². The number of alkyl halides is 1. The zero-order valence-corrected chi connectivity index (χ0v) is 11.1. The van der Waals surface area contributed by atoms with E-state index in [1.807, 2.05) is 12.1 Å². The van der Waals surface area contributed by atoms with Gasteiger partial charge in [-0.3, -0.25) is 4.79 Å². The zero-order chi connectivity index (χ0) is 12.0. The summed E-state index contributed by atoms with van der Waals surface area (Å²) in [5.74, 6) is -0.266. The average Bonchev–Trinajstić information content (AvgIpc) is 2.35. The molecule has 1 aromatic carbocycles. The minimum Gasteiger partial charge on any atom is -0.468 e. The third-order valence-corrected chi connectivity index (χ3v) is 3.00. The molecule has 1 unspecified atom stereocenters. The van der Waals surface area contributed by atoms with Gasteiger partial charge in [-0.1, -0.05) is 35.0 Å². The van der Waals surface area contributed by atoms with E-state index in [2.05, 4.69) is 45.0 Å². The Balaban J connectivity index is 2.45. The molecule has 4 heteroatoms. The van der Waals surface area contributed by atoms with E-state index < -0.39 is 0 Å². The fourth-order valence-electron chi connectivity index (χ4n) is 1.28. The summed E-state index contributed by atoms with van der Waals surface area (Å²) in [5, 5.41) is 3.16. The molecular formula is C12H16BrNO2. The second-order valence-corrected chi connectivity index (χ2v) is 4.53. The van der Waals surface area contributed by atoms with Gasteiger partial charge in [-0.25, -0.2) is 0 Å². The van der Waals surface area contributed by atoms with E-state index in [1.165, 1.54) is 12.7 Å². The van der Waals surface area contributed by atoms with Crippen LogP contribution in [0, 0.1) is 0 Å². The molecule has 16 heavy (non-hydrogen) atoms. The molecule has 0 radical (unpaired) electrons. The molecule has 0 saturated heterocycles. The van der Waals surface area contributed by atoms with E-state index in [-0.39, 0.29) is 10.8 Å². The number of ether oxygens (including phenoxy) is 1. The SMILES string of the molecule is CCc1ccc(NCC(Br)C(=O)OC)cc1. The molecule has 0 aliphatic carbocycles. The van der Waals surface area contributed by atoms with E-state index >= 15 is 0 Å². The number of rotatable bonds is 5. The number of carbonyl (C=O) groups excluding carboxylic acids is 1. The Labute approximate surface area is 104 Å². The van der Waals surface area contributed by atoms with Crippen LogP contribution in [-0.4, -0.2) is 24.5 Å². The summed E-state index contributed by atoms with van der Waals surface area (Å²) < 4.78 is 4.61. The number of nitrogens with one attached hydrogen (secondary N) is 1. The van der Waals surface area contributed by atoms with Gasteiger partial charge in [0.2, 0.25) is 0 Å². The molecule has 1 N–H and O–H groups in total. The van der Waals surface area contributed by atoms with Crippen molar-refractivity contribution in [1.82, 2.24) is 0 Å². The predicted octanol–water partition coefficient (Wildman–Crippen LogP) is 2.60. The molecule has 0 fully saturated rings. The molecule has 0 spiro atoms. The van der Waals surface area contributed by atoms with Crippen LogP contribution in [0.5, 0.6) is 0 Å². The fourth-order valence-corrected chi connectivity index (χ4v) is 1.63. The topological polar surface area (TPSA) is 38.3 Å². The van der Waals surface area contributed by atoms with Gasteiger partial charge >= 0.3 is 5.97 Å². The molecule has 1 aromatic rings. The first-order chi connectivity index (χ1) is 7.67. The quantitative estimate of drug-likeness (QED) is 0.668. The van der Waals surface area contributed by atoms with Gasteiger partial charge in [-0.05, 0) is 24.1 Å². The summed E-state index contributed by atoms with van der Waals surface area (Å²) in [6.07, 6.45) is 1.03. The highest BCUT2D eigenvalue weighted by Gasteiger charge is 2.14. The third kappa shape index (κ3) is 3.85. The van der Waals surface area contributed by atoms with Crippen molar-refractivity contribution >= 4 is 27.6 Å². The van der Waals surface area contributed by atoms with E-state index in [9.17, 15) is 4.79 Å². The number of aryl methyl sites for hydroxylation is 1. The summed E-state index contributed by atoms with van der Waals surface area (Å²) in [5.41, 5.74) is 2.31. The Morgan fingerprint density at radius 1 is 1.44 bits per heavy atom. The first-order valence-electron chi connectivity index (χ1n) is 5.22. The highest BCUT2D eigenvalue weighted by Crippen LogP contribution is 2.11. The number of benzene rings is 1. The molecule has 0 aromatic heterocycles. The van der Waals surface area contributed by atoms with E-state index in [1.54, 1.807) is 0 Å². The molecule has 1 atom stereocenters. The maximum atomic E-state index is 11.1. The van der Waals surface area contributed by atoms with Crippen LogP contribution in [0.25, 0.3) is 0 Å². The normalized spacial score (nSPS) is 11.9. The number of halogens is 1. The number of esters is 1. The van der Waals surface area contributed by atoms with Crippen molar-refractivity contribution in [2.45, 2.75) is 18.2 Å². The van der Waals surface area contributed by atoms with Crippen molar-refractivity contribution in [1.29, 1.82) is 0 Å². The van der Waals surface area contributed by atoms with Gasteiger partial charge in [0.15, 0.2) is 0 Å². The first kappa shape index (κ1) is 13.0. The first-order valence-corrected chi connectivity index (χ1v) is 6.13. The number of hydrogen-bond acceptors (Lipinski definition) is 3. The Hall–Kier alpha value is -1.03. The Kier molecular flexibility index (Phi) is 5.32. The van der Waals surface area contributed by atoms with Gasteiger partial charge in [0, 0.05) is 12.2 Å². The van der Waals surface area contributed by atoms with Crippen molar-refractivity contribution in [3.8, 4) is 0 Å². The molecule has 0 aliphatic heterocycles. The van der Waals surface area contributed by atoms with Crippen molar-refractivity contribution in [2.24, 2.45) is 0 Å². The van der Waals surface area contributed by atoms with Crippen molar-refractivity contribution in [3.05, 3.63) is 29.8 Å². The van der Waals surface area contributed by atoms with Crippen LogP contribution in [0.3, 0.4) is 0 Å². The summed E-state index contributed by atoms with van der Waals surface area (Å²) in [7, 11) is 1.38. The van der Waals surface area contributed by atoms with Crippen molar-refractivity contribution in [3.63, 3.8) is 0 Å². The van der Waals surface area contributed by atoms with Gasteiger partial charge < -0.3 is 10.1 Å².